The molecule has 1 fully saturated rings. The van der Waals surface area contributed by atoms with Crippen molar-refractivity contribution >= 4 is 29.9 Å². The zero-order chi connectivity index (χ0) is 19.4. The van der Waals surface area contributed by atoms with Crippen LogP contribution >= 0.6 is 0 Å². The van der Waals surface area contributed by atoms with Gasteiger partial charge in [0, 0.05) is 5.56 Å². The third kappa shape index (κ3) is 4.18. The van der Waals surface area contributed by atoms with Gasteiger partial charge in [0.25, 0.3) is 11.8 Å². The van der Waals surface area contributed by atoms with E-state index in [2.05, 4.69) is 0 Å². The Morgan fingerprint density at radius 3 is 2.22 bits per heavy atom. The van der Waals surface area contributed by atoms with Gasteiger partial charge in [-0.15, -0.1) is 0 Å². The number of carbonyl (C=O) groups is 4. The lowest BCUT2D eigenvalue weighted by Crippen LogP contribution is -2.51. The van der Waals surface area contributed by atoms with Crippen molar-refractivity contribution in [1.29, 1.82) is 0 Å². The molecule has 1 aliphatic heterocycles. The number of amides is 4. The second kappa shape index (κ2) is 7.52. The molecule has 8 nitrogen and oxygen atoms in total. The monoisotopic (exact) mass is 366 g/mol. The molecule has 27 heavy (non-hydrogen) atoms. The Hall–Kier alpha value is -3.94. The third-order valence-corrected chi connectivity index (χ3v) is 3.76. The standard InChI is InChI=1S/C19H14N2O6/c22-16-14(17(23)21-19(26)20-16)9-13-3-1-2-4-15(13)27-10-11-5-7-12(8-6-11)18(24)25/h1-9H,10H2,(H,24,25)(H2,20,21,22,23,26). The fraction of sp³-hybridized carbons (Fsp3) is 0.0526. The van der Waals surface area contributed by atoms with Gasteiger partial charge in [-0.05, 0) is 29.8 Å². The van der Waals surface area contributed by atoms with Crippen LogP contribution in [-0.2, 0) is 16.2 Å². The first-order valence-electron chi connectivity index (χ1n) is 7.86. The molecule has 1 aliphatic rings. The fourth-order valence-corrected chi connectivity index (χ4v) is 2.40. The Morgan fingerprint density at radius 2 is 1.59 bits per heavy atom. The summed E-state index contributed by atoms with van der Waals surface area (Å²) in [5.41, 5.74) is 1.19. The molecule has 1 heterocycles. The number of para-hydroxylation sites is 1. The average Bonchev–Trinajstić information content (AvgIpc) is 2.64. The summed E-state index contributed by atoms with van der Waals surface area (Å²) in [6, 6.07) is 12.1. The minimum Gasteiger partial charge on any atom is -0.488 e. The predicted molar refractivity (Wildman–Crippen MR) is 93.8 cm³/mol. The highest BCUT2D eigenvalue weighted by atomic mass is 16.5. The van der Waals surface area contributed by atoms with Gasteiger partial charge in [0.05, 0.1) is 5.56 Å². The normalized spacial score (nSPS) is 13.6. The number of benzene rings is 2. The molecule has 0 bridgehead atoms. The molecule has 0 unspecified atom stereocenters. The van der Waals surface area contributed by atoms with E-state index in [1.807, 2.05) is 10.6 Å². The van der Waals surface area contributed by atoms with E-state index in [1.54, 1.807) is 36.4 Å². The summed E-state index contributed by atoms with van der Waals surface area (Å²) in [5.74, 6) is -2.17. The molecule has 0 spiro atoms. The molecule has 0 aromatic heterocycles. The van der Waals surface area contributed by atoms with E-state index in [0.717, 1.165) is 5.56 Å². The fourth-order valence-electron chi connectivity index (χ4n) is 2.40. The number of hydrogen-bond acceptors (Lipinski definition) is 5. The first-order chi connectivity index (χ1) is 12.9. The van der Waals surface area contributed by atoms with E-state index in [4.69, 9.17) is 9.84 Å². The number of carboxylic acid groups (broad SMARTS) is 1. The van der Waals surface area contributed by atoms with Crippen molar-refractivity contribution in [3.8, 4) is 5.75 Å². The smallest absolute Gasteiger partial charge is 0.335 e. The number of rotatable bonds is 5. The molecule has 0 radical (unpaired) electrons. The highest BCUT2D eigenvalue weighted by Gasteiger charge is 2.27. The molecule has 136 valence electrons. The number of aromatic carboxylic acids is 1. The molecule has 0 aliphatic carbocycles. The van der Waals surface area contributed by atoms with Gasteiger partial charge < -0.3 is 9.84 Å². The topological polar surface area (TPSA) is 122 Å². The Balaban J connectivity index is 1.79. The summed E-state index contributed by atoms with van der Waals surface area (Å²) in [7, 11) is 0. The lowest BCUT2D eigenvalue weighted by molar-refractivity contribution is -0.123. The number of urea groups is 1. The summed E-state index contributed by atoms with van der Waals surface area (Å²) in [6.45, 7) is 0.164. The molecule has 2 aromatic carbocycles. The Kier molecular flexibility index (Phi) is 4.98. The van der Waals surface area contributed by atoms with Gasteiger partial charge >= 0.3 is 12.0 Å². The SMILES string of the molecule is O=C1NC(=O)C(=Cc2ccccc2OCc2ccc(C(=O)O)cc2)C(=O)N1. The average molecular weight is 366 g/mol. The minimum absolute atomic E-state index is 0.164. The van der Waals surface area contributed by atoms with Gasteiger partial charge in [-0.1, -0.05) is 30.3 Å². The molecule has 3 N–H and O–H groups in total. The van der Waals surface area contributed by atoms with Crippen molar-refractivity contribution in [2.24, 2.45) is 0 Å². The summed E-state index contributed by atoms with van der Waals surface area (Å²) < 4.78 is 5.73. The van der Waals surface area contributed by atoms with Crippen LogP contribution in [0.1, 0.15) is 21.5 Å². The van der Waals surface area contributed by atoms with Crippen LogP contribution in [0.25, 0.3) is 6.08 Å². The molecular weight excluding hydrogens is 352 g/mol. The van der Waals surface area contributed by atoms with E-state index in [-0.39, 0.29) is 17.7 Å². The Bertz CT molecular complexity index is 940. The van der Waals surface area contributed by atoms with Crippen molar-refractivity contribution in [2.75, 3.05) is 0 Å². The summed E-state index contributed by atoms with van der Waals surface area (Å²) in [6.07, 6.45) is 1.33. The van der Waals surface area contributed by atoms with E-state index in [1.165, 1.54) is 18.2 Å². The number of carbonyl (C=O) groups excluding carboxylic acids is 3. The minimum atomic E-state index is -1.01. The van der Waals surface area contributed by atoms with E-state index >= 15 is 0 Å². The molecule has 8 heteroatoms. The Morgan fingerprint density at radius 1 is 0.963 bits per heavy atom. The highest BCUT2D eigenvalue weighted by molar-refractivity contribution is 6.31. The molecule has 0 saturated carbocycles. The maximum absolute atomic E-state index is 11.8. The molecule has 1 saturated heterocycles. The van der Waals surface area contributed by atoms with Crippen molar-refractivity contribution < 1.29 is 29.0 Å². The van der Waals surface area contributed by atoms with Gasteiger partial charge in [0.1, 0.15) is 17.9 Å². The van der Waals surface area contributed by atoms with Crippen molar-refractivity contribution in [3.63, 3.8) is 0 Å². The molecule has 0 atom stereocenters. The predicted octanol–water partition coefficient (Wildman–Crippen LogP) is 1.71. The lowest BCUT2D eigenvalue weighted by atomic mass is 10.1. The maximum Gasteiger partial charge on any atom is 0.335 e. The van der Waals surface area contributed by atoms with Crippen LogP contribution in [-0.4, -0.2) is 28.9 Å². The number of imide groups is 2. The van der Waals surface area contributed by atoms with Gasteiger partial charge in [-0.2, -0.15) is 0 Å². The number of nitrogens with one attached hydrogen (secondary N) is 2. The van der Waals surface area contributed by atoms with Crippen LogP contribution in [0.5, 0.6) is 5.75 Å². The van der Waals surface area contributed by atoms with Crippen molar-refractivity contribution in [3.05, 3.63) is 70.8 Å². The van der Waals surface area contributed by atoms with Crippen LogP contribution in [0, 0.1) is 0 Å². The van der Waals surface area contributed by atoms with E-state index < -0.39 is 23.8 Å². The summed E-state index contributed by atoms with van der Waals surface area (Å²) in [5, 5.41) is 12.9. The molecule has 3 rings (SSSR count). The highest BCUT2D eigenvalue weighted by Crippen LogP contribution is 2.23. The summed E-state index contributed by atoms with van der Waals surface area (Å²) >= 11 is 0. The Labute approximate surface area is 153 Å². The van der Waals surface area contributed by atoms with Crippen molar-refractivity contribution in [2.45, 2.75) is 6.61 Å². The van der Waals surface area contributed by atoms with Crippen LogP contribution in [0.3, 0.4) is 0 Å². The zero-order valence-corrected chi connectivity index (χ0v) is 13.9. The van der Waals surface area contributed by atoms with Gasteiger partial charge in [-0.3, -0.25) is 20.2 Å². The lowest BCUT2D eigenvalue weighted by Gasteiger charge is -2.15. The maximum atomic E-state index is 11.8. The van der Waals surface area contributed by atoms with Crippen molar-refractivity contribution in [1.82, 2.24) is 10.6 Å². The number of hydrogen-bond donors (Lipinski definition) is 3. The number of barbiturate groups is 1. The van der Waals surface area contributed by atoms with Gasteiger partial charge in [0.15, 0.2) is 0 Å². The van der Waals surface area contributed by atoms with Gasteiger partial charge in [0.2, 0.25) is 0 Å². The second-order valence-corrected chi connectivity index (χ2v) is 5.62. The second-order valence-electron chi connectivity index (χ2n) is 5.62. The largest absolute Gasteiger partial charge is 0.488 e. The number of ether oxygens (including phenoxy) is 1. The quantitative estimate of drug-likeness (QED) is 0.547. The molecule has 2 aromatic rings. The van der Waals surface area contributed by atoms with Crippen LogP contribution in [0.15, 0.2) is 54.1 Å². The zero-order valence-electron chi connectivity index (χ0n) is 13.9. The van der Waals surface area contributed by atoms with E-state index in [9.17, 15) is 19.2 Å². The third-order valence-electron chi connectivity index (χ3n) is 3.76. The van der Waals surface area contributed by atoms with Crippen LogP contribution in [0.2, 0.25) is 0 Å². The number of carboxylic acids is 1. The first-order valence-corrected chi connectivity index (χ1v) is 7.86. The van der Waals surface area contributed by atoms with Crippen LogP contribution < -0.4 is 15.4 Å². The van der Waals surface area contributed by atoms with Crippen LogP contribution in [0.4, 0.5) is 4.79 Å². The van der Waals surface area contributed by atoms with Gasteiger partial charge in [-0.25, -0.2) is 9.59 Å². The summed E-state index contributed by atoms with van der Waals surface area (Å²) in [4.78, 5) is 45.7. The molecule has 4 amide bonds. The first kappa shape index (κ1) is 17.9. The van der Waals surface area contributed by atoms with E-state index in [0.29, 0.717) is 11.3 Å². The molecular formula is C19H14N2O6.